The first kappa shape index (κ1) is 11.6. The van der Waals surface area contributed by atoms with Gasteiger partial charge < -0.3 is 0 Å². The molecule has 0 unspecified atom stereocenters. The molecule has 0 saturated carbocycles. The van der Waals surface area contributed by atoms with Crippen LogP contribution in [-0.4, -0.2) is 4.98 Å². The molecule has 3 heteroatoms. The smallest absolute Gasteiger partial charge is 0.125 e. The van der Waals surface area contributed by atoms with Crippen LogP contribution in [0.2, 0.25) is 5.02 Å². The molecule has 2 aromatic rings. The predicted octanol–water partition coefficient (Wildman–Crippen LogP) is 4.76. The van der Waals surface area contributed by atoms with Crippen LogP contribution in [0.25, 0.3) is 10.6 Å². The lowest BCUT2D eigenvalue weighted by molar-refractivity contribution is 0.573. The van der Waals surface area contributed by atoms with Crippen molar-refractivity contribution in [1.29, 1.82) is 0 Å². The zero-order valence-electron chi connectivity index (χ0n) is 9.62. The number of thiazole rings is 1. The molecule has 0 bridgehead atoms. The molecule has 1 aromatic heterocycles. The molecule has 1 heterocycles. The lowest BCUT2D eigenvalue weighted by atomic mass is 9.93. The van der Waals surface area contributed by atoms with Gasteiger partial charge in [-0.05, 0) is 6.07 Å². The normalized spacial score (nSPS) is 11.8. The first-order chi connectivity index (χ1) is 7.48. The van der Waals surface area contributed by atoms with Crippen LogP contribution in [0.1, 0.15) is 26.5 Å². The third-order valence-corrected chi connectivity index (χ3v) is 3.58. The number of rotatable bonds is 1. The van der Waals surface area contributed by atoms with E-state index in [0.29, 0.717) is 0 Å². The SMILES string of the molecule is CC(C)(C)c1csc(-c2ccccc2Cl)n1. The molecule has 0 spiro atoms. The highest BCUT2D eigenvalue weighted by Crippen LogP contribution is 2.33. The number of hydrogen-bond donors (Lipinski definition) is 0. The highest BCUT2D eigenvalue weighted by Gasteiger charge is 2.18. The van der Waals surface area contributed by atoms with E-state index in [4.69, 9.17) is 11.6 Å². The second kappa shape index (κ2) is 4.19. The quantitative estimate of drug-likeness (QED) is 0.712. The van der Waals surface area contributed by atoms with Gasteiger partial charge in [0.15, 0.2) is 0 Å². The Morgan fingerprint density at radius 1 is 1.19 bits per heavy atom. The molecule has 0 fully saturated rings. The van der Waals surface area contributed by atoms with Gasteiger partial charge in [-0.2, -0.15) is 0 Å². The highest BCUT2D eigenvalue weighted by atomic mass is 35.5. The van der Waals surface area contributed by atoms with Gasteiger partial charge >= 0.3 is 0 Å². The number of aromatic nitrogens is 1. The number of halogens is 1. The van der Waals surface area contributed by atoms with Gasteiger partial charge in [0.1, 0.15) is 5.01 Å². The van der Waals surface area contributed by atoms with E-state index >= 15 is 0 Å². The van der Waals surface area contributed by atoms with Gasteiger partial charge in [0.25, 0.3) is 0 Å². The number of benzene rings is 1. The average Bonchev–Trinajstić information content (AvgIpc) is 2.66. The van der Waals surface area contributed by atoms with Crippen molar-refractivity contribution in [2.75, 3.05) is 0 Å². The van der Waals surface area contributed by atoms with E-state index in [1.165, 1.54) is 0 Å². The van der Waals surface area contributed by atoms with Crippen molar-refractivity contribution >= 4 is 22.9 Å². The molecule has 16 heavy (non-hydrogen) atoms. The van der Waals surface area contributed by atoms with Crippen molar-refractivity contribution in [3.8, 4) is 10.6 Å². The molecule has 0 N–H and O–H groups in total. The van der Waals surface area contributed by atoms with E-state index in [-0.39, 0.29) is 5.41 Å². The van der Waals surface area contributed by atoms with E-state index in [9.17, 15) is 0 Å². The van der Waals surface area contributed by atoms with Crippen LogP contribution < -0.4 is 0 Å². The maximum atomic E-state index is 6.15. The molecule has 1 aromatic carbocycles. The summed E-state index contributed by atoms with van der Waals surface area (Å²) in [5.74, 6) is 0. The molecule has 0 aliphatic heterocycles. The monoisotopic (exact) mass is 251 g/mol. The van der Waals surface area contributed by atoms with E-state index in [0.717, 1.165) is 21.3 Å². The Bertz CT molecular complexity index is 497. The second-order valence-electron chi connectivity index (χ2n) is 4.77. The van der Waals surface area contributed by atoms with Crippen LogP contribution in [0.4, 0.5) is 0 Å². The first-order valence-corrected chi connectivity index (χ1v) is 6.45. The standard InChI is InChI=1S/C13H14ClNS/c1-13(2,3)11-8-16-12(15-11)9-6-4-5-7-10(9)14/h4-8H,1-3H3. The van der Waals surface area contributed by atoms with Crippen molar-refractivity contribution in [2.45, 2.75) is 26.2 Å². The third kappa shape index (κ3) is 2.28. The van der Waals surface area contributed by atoms with Gasteiger partial charge in [-0.1, -0.05) is 50.6 Å². The fourth-order valence-electron chi connectivity index (χ4n) is 1.38. The maximum Gasteiger partial charge on any atom is 0.125 e. The molecule has 1 nitrogen and oxygen atoms in total. The Morgan fingerprint density at radius 3 is 2.44 bits per heavy atom. The molecule has 2 rings (SSSR count). The first-order valence-electron chi connectivity index (χ1n) is 5.19. The van der Waals surface area contributed by atoms with E-state index in [2.05, 4.69) is 31.1 Å². The van der Waals surface area contributed by atoms with Gasteiger partial charge in [0, 0.05) is 16.4 Å². The minimum Gasteiger partial charge on any atom is -0.241 e. The van der Waals surface area contributed by atoms with Crippen molar-refractivity contribution in [3.63, 3.8) is 0 Å². The summed E-state index contributed by atoms with van der Waals surface area (Å²) in [6, 6.07) is 7.83. The van der Waals surface area contributed by atoms with Crippen LogP contribution >= 0.6 is 22.9 Å². The average molecular weight is 252 g/mol. The molecule has 0 amide bonds. The number of hydrogen-bond acceptors (Lipinski definition) is 2. The molecule has 84 valence electrons. The Balaban J connectivity index is 2.44. The molecule has 0 saturated heterocycles. The molecule has 0 atom stereocenters. The lowest BCUT2D eigenvalue weighted by Gasteiger charge is -2.14. The van der Waals surface area contributed by atoms with E-state index in [1.807, 2.05) is 24.3 Å². The largest absolute Gasteiger partial charge is 0.241 e. The summed E-state index contributed by atoms with van der Waals surface area (Å²) >= 11 is 7.80. The summed E-state index contributed by atoms with van der Waals surface area (Å²) in [5, 5.41) is 3.87. The molecule has 0 aliphatic rings. The third-order valence-electron chi connectivity index (χ3n) is 2.38. The predicted molar refractivity (Wildman–Crippen MR) is 71.3 cm³/mol. The molecular weight excluding hydrogens is 238 g/mol. The second-order valence-corrected chi connectivity index (χ2v) is 6.03. The minimum atomic E-state index is 0.0933. The van der Waals surface area contributed by atoms with Gasteiger partial charge in [-0.25, -0.2) is 4.98 Å². The lowest BCUT2D eigenvalue weighted by Crippen LogP contribution is -2.11. The van der Waals surface area contributed by atoms with E-state index < -0.39 is 0 Å². The molecular formula is C13H14ClNS. The van der Waals surface area contributed by atoms with Gasteiger partial charge in [-0.3, -0.25) is 0 Å². The summed E-state index contributed by atoms with van der Waals surface area (Å²) in [7, 11) is 0. The van der Waals surface area contributed by atoms with Crippen molar-refractivity contribution in [2.24, 2.45) is 0 Å². The number of nitrogens with zero attached hydrogens (tertiary/aromatic N) is 1. The summed E-state index contributed by atoms with van der Waals surface area (Å²) in [6.45, 7) is 6.50. The van der Waals surface area contributed by atoms with Crippen molar-refractivity contribution in [3.05, 3.63) is 40.4 Å². The Morgan fingerprint density at radius 2 is 1.88 bits per heavy atom. The Kier molecular flexibility index (Phi) is 3.04. The van der Waals surface area contributed by atoms with Crippen LogP contribution in [-0.2, 0) is 5.41 Å². The Labute approximate surface area is 105 Å². The van der Waals surface area contributed by atoms with Gasteiger partial charge in [0.05, 0.1) is 10.7 Å². The highest BCUT2D eigenvalue weighted by molar-refractivity contribution is 7.13. The fraction of sp³-hybridized carbons (Fsp3) is 0.308. The summed E-state index contributed by atoms with van der Waals surface area (Å²) in [5.41, 5.74) is 2.23. The summed E-state index contributed by atoms with van der Waals surface area (Å²) < 4.78 is 0. The van der Waals surface area contributed by atoms with Crippen LogP contribution in [0.15, 0.2) is 29.6 Å². The zero-order chi connectivity index (χ0) is 11.8. The van der Waals surface area contributed by atoms with Crippen LogP contribution in [0.5, 0.6) is 0 Å². The fourth-order valence-corrected chi connectivity index (χ4v) is 2.74. The van der Waals surface area contributed by atoms with E-state index in [1.54, 1.807) is 11.3 Å². The van der Waals surface area contributed by atoms with Gasteiger partial charge in [-0.15, -0.1) is 11.3 Å². The maximum absolute atomic E-state index is 6.15. The van der Waals surface area contributed by atoms with Gasteiger partial charge in [0.2, 0.25) is 0 Å². The molecule has 0 aliphatic carbocycles. The minimum absolute atomic E-state index is 0.0933. The van der Waals surface area contributed by atoms with Crippen molar-refractivity contribution < 1.29 is 0 Å². The van der Waals surface area contributed by atoms with Crippen LogP contribution in [0.3, 0.4) is 0 Å². The van der Waals surface area contributed by atoms with Crippen LogP contribution in [0, 0.1) is 0 Å². The Hall–Kier alpha value is -0.860. The summed E-state index contributed by atoms with van der Waals surface area (Å²) in [6.07, 6.45) is 0. The topological polar surface area (TPSA) is 12.9 Å². The molecule has 0 radical (unpaired) electrons. The van der Waals surface area contributed by atoms with Crippen molar-refractivity contribution in [1.82, 2.24) is 4.98 Å². The summed E-state index contributed by atoms with van der Waals surface area (Å²) in [4.78, 5) is 4.65. The zero-order valence-corrected chi connectivity index (χ0v) is 11.2.